The van der Waals surface area contributed by atoms with Crippen LogP contribution in [0, 0.1) is 0 Å². The molecule has 0 radical (unpaired) electrons. The van der Waals surface area contributed by atoms with Crippen molar-refractivity contribution >= 4 is 35.0 Å². The molecular formula is C18H26ClN5O5. The van der Waals surface area contributed by atoms with E-state index in [1.54, 1.807) is 4.90 Å². The summed E-state index contributed by atoms with van der Waals surface area (Å²) < 4.78 is 5.46. The lowest BCUT2D eigenvalue weighted by Gasteiger charge is -2.37. The molecule has 2 aliphatic heterocycles. The molecule has 0 aromatic carbocycles. The second-order valence-corrected chi connectivity index (χ2v) is 6.93. The van der Waals surface area contributed by atoms with Crippen LogP contribution in [0.1, 0.15) is 19.8 Å². The molecule has 0 spiro atoms. The Bertz CT molecular complexity index is 751. The van der Waals surface area contributed by atoms with Crippen LogP contribution in [0.2, 0.25) is 0 Å². The molecule has 2 aliphatic rings. The van der Waals surface area contributed by atoms with E-state index in [0.717, 1.165) is 17.7 Å². The number of nitrogens with zero attached hydrogens (tertiary/aromatic N) is 2. The number of carbonyl (C=O) groups excluding carboxylic acids is 3. The van der Waals surface area contributed by atoms with Crippen molar-refractivity contribution in [3.63, 3.8) is 0 Å². The highest BCUT2D eigenvalue weighted by Gasteiger charge is 2.35. The number of hydroxylamine groups is 1. The minimum atomic E-state index is -0.626. The maximum Gasteiger partial charge on any atom is 0.268 e. The Hall–Kier alpha value is -2.27. The molecule has 160 valence electrons. The number of carbonyl (C=O) groups is 3. The molecule has 2 heterocycles. The molecule has 0 bridgehead atoms. The first-order valence-corrected chi connectivity index (χ1v) is 9.56. The van der Waals surface area contributed by atoms with E-state index < -0.39 is 24.0 Å². The predicted molar refractivity (Wildman–Crippen MR) is 107 cm³/mol. The second kappa shape index (κ2) is 10.5. The van der Waals surface area contributed by atoms with Gasteiger partial charge in [0.2, 0.25) is 5.91 Å². The first-order chi connectivity index (χ1) is 13.8. The van der Waals surface area contributed by atoms with E-state index in [-0.39, 0.29) is 29.4 Å². The Morgan fingerprint density at radius 2 is 2.07 bits per heavy atom. The Morgan fingerprint density at radius 1 is 1.34 bits per heavy atom. The van der Waals surface area contributed by atoms with Crippen LogP contribution in [0.15, 0.2) is 27.9 Å². The number of piperidine rings is 1. The van der Waals surface area contributed by atoms with Crippen molar-refractivity contribution in [2.75, 3.05) is 27.3 Å². The molecule has 0 aliphatic carbocycles. The van der Waals surface area contributed by atoms with Gasteiger partial charge >= 0.3 is 0 Å². The standard InChI is InChI=1S/C18H26ClN5O5/c1-4-10-15(20)16(22-17(10)19)18(27)21-11-7-8-24(9-12(11)28-2)14(26)6-5-13(25)23-29-3/h5-6,11-12,15H,4,7-9,20H2,1-3H3,(H,21,27)(H,23,25)/b6-5+/t11?,12-,15?/m0/s1. The van der Waals surface area contributed by atoms with Gasteiger partial charge in [0.15, 0.2) is 0 Å². The van der Waals surface area contributed by atoms with Gasteiger partial charge in [-0.25, -0.2) is 10.5 Å². The SMILES string of the molecule is CCC1=C(Cl)N=C(C(=O)NC2CCN(C(=O)/C=C/C(=O)NOC)C[C@@H]2OC)C1N. The Morgan fingerprint density at radius 3 is 2.66 bits per heavy atom. The molecule has 10 nitrogen and oxygen atoms in total. The van der Waals surface area contributed by atoms with Gasteiger partial charge in [-0.2, -0.15) is 0 Å². The summed E-state index contributed by atoms with van der Waals surface area (Å²) in [6.07, 6.45) is 2.90. The zero-order valence-electron chi connectivity index (χ0n) is 16.6. The van der Waals surface area contributed by atoms with E-state index in [2.05, 4.69) is 20.6 Å². The monoisotopic (exact) mass is 427 g/mol. The summed E-state index contributed by atoms with van der Waals surface area (Å²) in [4.78, 5) is 46.4. The van der Waals surface area contributed by atoms with Gasteiger partial charge in [0, 0.05) is 32.4 Å². The number of ether oxygens (including phenoxy) is 1. The van der Waals surface area contributed by atoms with Gasteiger partial charge in [0.05, 0.1) is 25.3 Å². The van der Waals surface area contributed by atoms with Gasteiger partial charge in [0.1, 0.15) is 10.9 Å². The van der Waals surface area contributed by atoms with Gasteiger partial charge in [-0.05, 0) is 18.4 Å². The quantitative estimate of drug-likeness (QED) is 0.287. The lowest BCUT2D eigenvalue weighted by Crippen LogP contribution is -2.57. The molecule has 0 saturated carbocycles. The largest absolute Gasteiger partial charge is 0.377 e. The summed E-state index contributed by atoms with van der Waals surface area (Å²) in [5.41, 5.74) is 9.06. The van der Waals surface area contributed by atoms with Gasteiger partial charge in [-0.15, -0.1) is 0 Å². The van der Waals surface area contributed by atoms with Gasteiger partial charge in [-0.3, -0.25) is 19.2 Å². The number of likely N-dealkylation sites (tertiary alicyclic amines) is 1. The summed E-state index contributed by atoms with van der Waals surface area (Å²) in [5.74, 6) is -1.28. The summed E-state index contributed by atoms with van der Waals surface area (Å²) in [6.45, 7) is 2.54. The zero-order valence-corrected chi connectivity index (χ0v) is 17.4. The Labute approximate surface area is 174 Å². The lowest BCUT2D eigenvalue weighted by molar-refractivity contribution is -0.131. The highest BCUT2D eigenvalue weighted by Crippen LogP contribution is 2.25. The van der Waals surface area contributed by atoms with E-state index in [0.29, 0.717) is 19.4 Å². The fraction of sp³-hybridized carbons (Fsp3) is 0.556. The van der Waals surface area contributed by atoms with Crippen molar-refractivity contribution in [1.29, 1.82) is 0 Å². The smallest absolute Gasteiger partial charge is 0.268 e. The number of hydrogen-bond acceptors (Lipinski definition) is 7. The van der Waals surface area contributed by atoms with E-state index in [9.17, 15) is 14.4 Å². The van der Waals surface area contributed by atoms with Crippen molar-refractivity contribution in [1.82, 2.24) is 15.7 Å². The summed E-state index contributed by atoms with van der Waals surface area (Å²) in [7, 11) is 2.80. The molecule has 11 heteroatoms. The first-order valence-electron chi connectivity index (χ1n) is 9.18. The van der Waals surface area contributed by atoms with Crippen LogP contribution in [0.4, 0.5) is 0 Å². The number of nitrogens with two attached hydrogens (primary N) is 1. The van der Waals surface area contributed by atoms with E-state index in [1.165, 1.54) is 14.2 Å². The van der Waals surface area contributed by atoms with Crippen LogP contribution in [0.5, 0.6) is 0 Å². The average molecular weight is 428 g/mol. The topological polar surface area (TPSA) is 135 Å². The molecule has 3 atom stereocenters. The normalized spacial score (nSPS) is 24.7. The molecular weight excluding hydrogens is 402 g/mol. The summed E-state index contributed by atoms with van der Waals surface area (Å²) in [5, 5.41) is 3.15. The Balaban J connectivity index is 1.95. The number of halogens is 1. The number of hydrogen-bond donors (Lipinski definition) is 3. The minimum absolute atomic E-state index is 0.173. The number of methoxy groups -OCH3 is 1. The highest BCUT2D eigenvalue weighted by molar-refractivity contribution is 6.45. The van der Waals surface area contributed by atoms with Crippen molar-refractivity contribution < 1.29 is 24.0 Å². The van der Waals surface area contributed by atoms with Crippen LogP contribution in [-0.2, 0) is 24.0 Å². The highest BCUT2D eigenvalue weighted by atomic mass is 35.5. The number of nitrogens with one attached hydrogen (secondary N) is 2. The molecule has 2 rings (SSSR count). The summed E-state index contributed by atoms with van der Waals surface area (Å²) in [6, 6.07) is -0.949. The number of amides is 3. The molecule has 2 unspecified atom stereocenters. The molecule has 0 aromatic heterocycles. The van der Waals surface area contributed by atoms with Crippen LogP contribution in [-0.4, -0.2) is 73.8 Å². The molecule has 1 fully saturated rings. The minimum Gasteiger partial charge on any atom is -0.377 e. The van der Waals surface area contributed by atoms with Crippen LogP contribution < -0.4 is 16.5 Å². The van der Waals surface area contributed by atoms with E-state index in [1.807, 2.05) is 6.92 Å². The maximum absolute atomic E-state index is 12.6. The van der Waals surface area contributed by atoms with Crippen molar-refractivity contribution in [2.45, 2.75) is 38.0 Å². The van der Waals surface area contributed by atoms with E-state index >= 15 is 0 Å². The third kappa shape index (κ3) is 5.63. The van der Waals surface area contributed by atoms with Crippen LogP contribution >= 0.6 is 11.6 Å². The molecule has 29 heavy (non-hydrogen) atoms. The Kier molecular flexibility index (Phi) is 8.32. The third-order valence-electron chi connectivity index (χ3n) is 4.84. The lowest BCUT2D eigenvalue weighted by atomic mass is 9.99. The zero-order chi connectivity index (χ0) is 21.6. The van der Waals surface area contributed by atoms with Crippen molar-refractivity contribution in [2.24, 2.45) is 10.7 Å². The fourth-order valence-corrected chi connectivity index (χ4v) is 3.59. The number of rotatable bonds is 7. The van der Waals surface area contributed by atoms with Gasteiger partial charge in [-0.1, -0.05) is 18.5 Å². The summed E-state index contributed by atoms with van der Waals surface area (Å²) >= 11 is 6.06. The molecule has 0 aromatic rings. The molecule has 4 N–H and O–H groups in total. The van der Waals surface area contributed by atoms with Gasteiger partial charge < -0.3 is 20.7 Å². The number of aliphatic imine (C=N–C) groups is 1. The average Bonchev–Trinajstić information content (AvgIpc) is 3.00. The van der Waals surface area contributed by atoms with E-state index in [4.69, 9.17) is 22.1 Å². The molecule has 3 amide bonds. The van der Waals surface area contributed by atoms with Crippen LogP contribution in [0.25, 0.3) is 0 Å². The van der Waals surface area contributed by atoms with Crippen molar-refractivity contribution in [3.05, 3.63) is 22.9 Å². The molecule has 1 saturated heterocycles. The second-order valence-electron chi connectivity index (χ2n) is 6.58. The van der Waals surface area contributed by atoms with Crippen molar-refractivity contribution in [3.8, 4) is 0 Å². The maximum atomic E-state index is 12.6. The van der Waals surface area contributed by atoms with Crippen LogP contribution in [0.3, 0.4) is 0 Å². The predicted octanol–water partition coefficient (Wildman–Crippen LogP) is -0.405. The third-order valence-corrected chi connectivity index (χ3v) is 5.16. The fourth-order valence-electron chi connectivity index (χ4n) is 3.25. The van der Waals surface area contributed by atoms with Gasteiger partial charge in [0.25, 0.3) is 11.8 Å². The first kappa shape index (κ1) is 23.0.